The minimum Gasteiger partial charge on any atom is -0.480 e. The van der Waals surface area contributed by atoms with Crippen molar-refractivity contribution < 1.29 is 35.1 Å². The van der Waals surface area contributed by atoms with Gasteiger partial charge in [-0.15, -0.1) is 0 Å². The van der Waals surface area contributed by atoms with Crippen LogP contribution in [0.15, 0.2) is 0 Å². The van der Waals surface area contributed by atoms with Crippen molar-refractivity contribution in [2.24, 2.45) is 0 Å². The summed E-state index contributed by atoms with van der Waals surface area (Å²) in [6.07, 6.45) is -0.745. The second kappa shape index (κ2) is 13.7. The molecule has 8 atom stereocenters. The molecule has 0 aliphatic carbocycles. The first-order chi connectivity index (χ1) is 15.7. The second-order valence-corrected chi connectivity index (χ2v) is 9.99. The Labute approximate surface area is 203 Å². The van der Waals surface area contributed by atoms with Crippen LogP contribution in [-0.4, -0.2) is 133 Å². The average molecular weight is 491 g/mol. The van der Waals surface area contributed by atoms with Crippen LogP contribution in [0.5, 0.6) is 0 Å². The first kappa shape index (κ1) is 30.7. The Balaban J connectivity index is 3.51. The van der Waals surface area contributed by atoms with E-state index in [9.17, 15) is 24.9 Å². The first-order valence-corrected chi connectivity index (χ1v) is 12.2. The maximum absolute atomic E-state index is 12.0. The van der Waals surface area contributed by atoms with E-state index in [0.717, 1.165) is 0 Å². The van der Waals surface area contributed by atoms with Crippen LogP contribution in [0.2, 0.25) is 0 Å². The van der Waals surface area contributed by atoms with E-state index < -0.39 is 30.3 Å². The van der Waals surface area contributed by atoms with Crippen molar-refractivity contribution in [3.8, 4) is 0 Å². The van der Waals surface area contributed by atoms with Crippen molar-refractivity contribution in [2.75, 3.05) is 32.8 Å². The van der Waals surface area contributed by atoms with E-state index in [1.165, 1.54) is 0 Å². The highest BCUT2D eigenvalue weighted by atomic mass is 17.1. The third-order valence-corrected chi connectivity index (χ3v) is 7.24. The van der Waals surface area contributed by atoms with Crippen molar-refractivity contribution >= 4 is 11.9 Å². The van der Waals surface area contributed by atoms with Gasteiger partial charge < -0.3 is 15.3 Å². The Hall–Kier alpha value is -1.34. The SMILES string of the molecule is CC(O)N1CC(C)N(C(C)COO)CC(C)N(C(C)C(=O)O)CC(C)N(C(C)C(=O)O)CC1C. The summed E-state index contributed by atoms with van der Waals surface area (Å²) in [4.78, 5) is 36.2. The molecule has 1 fully saturated rings. The predicted molar refractivity (Wildman–Crippen MR) is 129 cm³/mol. The quantitative estimate of drug-likeness (QED) is 0.285. The summed E-state index contributed by atoms with van der Waals surface area (Å²) >= 11 is 0. The lowest BCUT2D eigenvalue weighted by Gasteiger charge is -2.47. The van der Waals surface area contributed by atoms with E-state index in [4.69, 9.17) is 5.26 Å². The van der Waals surface area contributed by atoms with Gasteiger partial charge in [0.15, 0.2) is 0 Å². The summed E-state index contributed by atoms with van der Waals surface area (Å²) < 4.78 is 0. The lowest BCUT2D eigenvalue weighted by Crippen LogP contribution is -2.62. The Morgan fingerprint density at radius 1 is 0.735 bits per heavy atom. The van der Waals surface area contributed by atoms with Crippen LogP contribution in [0.1, 0.15) is 55.4 Å². The summed E-state index contributed by atoms with van der Waals surface area (Å²) in [7, 11) is 0. The largest absolute Gasteiger partial charge is 0.480 e. The highest BCUT2D eigenvalue weighted by Gasteiger charge is 2.37. The van der Waals surface area contributed by atoms with Crippen LogP contribution in [0.3, 0.4) is 0 Å². The highest BCUT2D eigenvalue weighted by Crippen LogP contribution is 2.21. The zero-order valence-electron chi connectivity index (χ0n) is 22.0. The van der Waals surface area contributed by atoms with Crippen LogP contribution in [0, 0.1) is 0 Å². The highest BCUT2D eigenvalue weighted by molar-refractivity contribution is 5.73. The molecule has 0 radical (unpaired) electrons. The van der Waals surface area contributed by atoms with Gasteiger partial charge in [-0.3, -0.25) is 34.4 Å². The molecule has 4 N–H and O–H groups in total. The van der Waals surface area contributed by atoms with Gasteiger partial charge in [0.2, 0.25) is 0 Å². The van der Waals surface area contributed by atoms with Crippen LogP contribution >= 0.6 is 0 Å². The van der Waals surface area contributed by atoms with Gasteiger partial charge in [0.1, 0.15) is 18.3 Å². The molecule has 11 nitrogen and oxygen atoms in total. The zero-order chi connectivity index (χ0) is 26.3. The van der Waals surface area contributed by atoms with E-state index in [1.54, 1.807) is 20.8 Å². The molecule has 11 heteroatoms. The van der Waals surface area contributed by atoms with Crippen LogP contribution in [-0.2, 0) is 14.5 Å². The van der Waals surface area contributed by atoms with Crippen molar-refractivity contribution in [3.05, 3.63) is 0 Å². The number of aliphatic carboxylic acids is 2. The molecular weight excluding hydrogens is 444 g/mol. The summed E-state index contributed by atoms with van der Waals surface area (Å²) in [5, 5.41) is 39.2. The summed E-state index contributed by atoms with van der Waals surface area (Å²) in [5.74, 6) is -1.89. The van der Waals surface area contributed by atoms with E-state index in [0.29, 0.717) is 26.2 Å². The second-order valence-electron chi connectivity index (χ2n) is 9.99. The summed E-state index contributed by atoms with van der Waals surface area (Å²) in [5.41, 5.74) is 0. The number of carbonyl (C=O) groups is 2. The van der Waals surface area contributed by atoms with Gasteiger partial charge in [0.25, 0.3) is 0 Å². The zero-order valence-corrected chi connectivity index (χ0v) is 22.0. The number of hydrogen-bond acceptors (Lipinski definition) is 9. The van der Waals surface area contributed by atoms with Gasteiger partial charge in [0.05, 0.1) is 6.61 Å². The molecule has 1 rings (SSSR count). The molecule has 1 aliphatic rings. The molecule has 34 heavy (non-hydrogen) atoms. The van der Waals surface area contributed by atoms with Crippen molar-refractivity contribution in [1.82, 2.24) is 19.6 Å². The molecule has 0 saturated carbocycles. The molecule has 1 heterocycles. The molecule has 0 aromatic rings. The molecule has 200 valence electrons. The number of carboxylic acid groups (broad SMARTS) is 2. The minimum absolute atomic E-state index is 0.0613. The topological polar surface area (TPSA) is 137 Å². The first-order valence-electron chi connectivity index (χ1n) is 12.2. The maximum Gasteiger partial charge on any atom is 0.320 e. The van der Waals surface area contributed by atoms with E-state index >= 15 is 0 Å². The molecule has 0 amide bonds. The number of hydrogen-bond donors (Lipinski definition) is 4. The Bertz CT molecular complexity index is 653. The standard InChI is InChI=1S/C23H46N4O7/c1-14-12-27(21(8)28)17(4)11-26(20(7)23(31)32)16(3)10-25(19(6)22(29)30)15(2)9-24(14)18(5)13-34-33/h14-21,28,33H,9-13H2,1-8H3,(H,29,30)(H,31,32). The number of aliphatic hydroxyl groups is 1. The van der Waals surface area contributed by atoms with Gasteiger partial charge in [0, 0.05) is 56.4 Å². The normalized spacial score (nSPS) is 31.1. The number of rotatable bonds is 8. The van der Waals surface area contributed by atoms with Gasteiger partial charge >= 0.3 is 11.9 Å². The van der Waals surface area contributed by atoms with Crippen molar-refractivity contribution in [1.29, 1.82) is 0 Å². The lowest BCUT2D eigenvalue weighted by atomic mass is 10.0. The minimum atomic E-state index is -0.946. The molecule has 1 aliphatic heterocycles. The summed E-state index contributed by atoms with van der Waals surface area (Å²) in [6.45, 7) is 16.6. The van der Waals surface area contributed by atoms with E-state index in [-0.39, 0.29) is 36.8 Å². The Kier molecular flexibility index (Phi) is 12.3. The number of nitrogens with zero attached hydrogens (tertiary/aromatic N) is 4. The van der Waals surface area contributed by atoms with Crippen molar-refractivity contribution in [3.63, 3.8) is 0 Å². The van der Waals surface area contributed by atoms with Crippen LogP contribution in [0.4, 0.5) is 0 Å². The van der Waals surface area contributed by atoms with Crippen molar-refractivity contribution in [2.45, 2.75) is 104 Å². The summed E-state index contributed by atoms with van der Waals surface area (Å²) in [6, 6.07) is -2.36. The smallest absolute Gasteiger partial charge is 0.320 e. The van der Waals surface area contributed by atoms with E-state index in [2.05, 4.69) is 9.79 Å². The molecule has 0 aromatic carbocycles. The van der Waals surface area contributed by atoms with Gasteiger partial charge in [-0.1, -0.05) is 0 Å². The number of aliphatic hydroxyl groups excluding tert-OH is 1. The third kappa shape index (κ3) is 8.11. The molecule has 0 bridgehead atoms. The maximum atomic E-state index is 12.0. The molecule has 0 aromatic heterocycles. The Morgan fingerprint density at radius 2 is 1.06 bits per heavy atom. The Morgan fingerprint density at radius 3 is 1.41 bits per heavy atom. The van der Waals surface area contributed by atoms with Crippen LogP contribution in [0.25, 0.3) is 0 Å². The monoisotopic (exact) mass is 490 g/mol. The predicted octanol–water partition coefficient (Wildman–Crippen LogP) is 0.925. The van der Waals surface area contributed by atoms with E-state index in [1.807, 2.05) is 49.3 Å². The lowest BCUT2D eigenvalue weighted by molar-refractivity contribution is -0.252. The van der Waals surface area contributed by atoms with Gasteiger partial charge in [-0.2, -0.15) is 0 Å². The molecule has 1 saturated heterocycles. The number of carboxylic acids is 2. The average Bonchev–Trinajstić information content (AvgIpc) is 2.75. The fraction of sp³-hybridized carbons (Fsp3) is 0.913. The van der Waals surface area contributed by atoms with Gasteiger partial charge in [-0.05, 0) is 55.4 Å². The third-order valence-electron chi connectivity index (χ3n) is 7.24. The van der Waals surface area contributed by atoms with Gasteiger partial charge in [-0.25, -0.2) is 4.89 Å². The molecule has 8 unspecified atom stereocenters. The van der Waals surface area contributed by atoms with Crippen LogP contribution < -0.4 is 0 Å². The fourth-order valence-electron chi connectivity index (χ4n) is 5.06. The fourth-order valence-corrected chi connectivity index (χ4v) is 5.06. The molecular formula is C23H46N4O7. The molecule has 0 spiro atoms.